The van der Waals surface area contributed by atoms with Gasteiger partial charge in [-0.25, -0.2) is 0 Å². The standard InChI is InChI=1S/C75H117ClF6N12O13/c1-14-43(5)61-70(104)87(9)45(7)65(99)93-34-30-55(93)68(102)89(11)57(37-47-20-24-48(25-21-47)74(77,78)79)67(101)86(8)39-59(95)83-53(29-23-46-22-28-51(52(76)36-46)75(80,81)82)66(100)92-33-18-19-54(92)64(98)85-73(31-16-17-32-73)72(106)91(13)62(44(6)15-2)71(105)90(12)58(69(103)94-49-26-27-50(94)41-107-40-49)38-60(96)88(10)56(35-42(3)4)63(97)84-61/h42-58,61-62H,14-41H2,1-13H3,(H,83,95)(H,84,97)(H,85,98)/t43-,44-,45-,46?,47?,48?,49?,50?,51?,52?,53-,54-,55-,56-,57-,58-,61-,62-/m0/s1. The average Bonchev–Trinajstić information content (AvgIpc) is 1.76. The first-order chi connectivity index (χ1) is 50.2. The Balaban J connectivity index is 1.18. The van der Waals surface area contributed by atoms with Crippen LogP contribution >= 0.6 is 11.6 Å². The second-order valence-electron chi connectivity index (χ2n) is 32.7. The van der Waals surface area contributed by atoms with Gasteiger partial charge >= 0.3 is 12.4 Å². The molecule has 8 aliphatic rings. The maximum atomic E-state index is 15.7. The molecule has 2 bridgehead atoms. The highest BCUT2D eigenvalue weighted by Crippen LogP contribution is 2.45. The largest absolute Gasteiger partial charge is 0.393 e. The minimum Gasteiger partial charge on any atom is -0.377 e. The van der Waals surface area contributed by atoms with Crippen LogP contribution in [0.3, 0.4) is 0 Å². The van der Waals surface area contributed by atoms with Crippen molar-refractivity contribution in [2.24, 2.45) is 41.4 Å². The van der Waals surface area contributed by atoms with Crippen LogP contribution < -0.4 is 16.0 Å². The Hall–Kier alpha value is -6.53. The maximum absolute atomic E-state index is 15.7. The fourth-order valence-electron chi connectivity index (χ4n) is 17.7. The third kappa shape index (κ3) is 19.6. The molecule has 16 atom stereocenters. The van der Waals surface area contributed by atoms with E-state index in [1.807, 2.05) is 20.8 Å². The average molecular weight is 1540 g/mol. The lowest BCUT2D eigenvalue weighted by atomic mass is 9.78. The van der Waals surface area contributed by atoms with Crippen LogP contribution in [0, 0.1) is 41.4 Å². The first kappa shape index (κ1) is 86.1. The Bertz CT molecular complexity index is 3210. The molecule has 1 spiro atoms. The molecule has 604 valence electrons. The number of halogens is 7. The third-order valence-corrected chi connectivity index (χ3v) is 25.7. The molecule has 3 N–H and O–H groups in total. The molecule has 0 aromatic heterocycles. The molecule has 25 nitrogen and oxygen atoms in total. The highest BCUT2D eigenvalue weighted by molar-refractivity contribution is 6.21. The van der Waals surface area contributed by atoms with Gasteiger partial charge in [0, 0.05) is 60.8 Å². The minimum atomic E-state index is -4.56. The van der Waals surface area contributed by atoms with Crippen molar-refractivity contribution in [3.63, 3.8) is 0 Å². The molecular formula is C75H117ClF6N12O13. The first-order valence-electron chi connectivity index (χ1n) is 39.0. The lowest BCUT2D eigenvalue weighted by molar-refractivity contribution is -0.184. The monoisotopic (exact) mass is 1540 g/mol. The van der Waals surface area contributed by atoms with Gasteiger partial charge in [-0.2, -0.15) is 26.3 Å². The Morgan fingerprint density at radius 3 is 1.77 bits per heavy atom. The van der Waals surface area contributed by atoms with Gasteiger partial charge in [-0.05, 0) is 152 Å². The van der Waals surface area contributed by atoms with Crippen LogP contribution in [0.15, 0.2) is 0 Å². The second-order valence-corrected chi connectivity index (χ2v) is 33.3. The fourth-order valence-corrected chi connectivity index (χ4v) is 18.3. The van der Waals surface area contributed by atoms with E-state index in [-0.39, 0.29) is 147 Å². The van der Waals surface area contributed by atoms with Crippen molar-refractivity contribution in [3.8, 4) is 0 Å². The number of morpholine rings is 1. The molecule has 5 unspecified atom stereocenters. The number of carbonyl (C=O) groups excluding carboxylic acids is 12. The number of fused-ring (bicyclic) bond motifs is 4. The smallest absolute Gasteiger partial charge is 0.377 e. The molecule has 5 saturated heterocycles. The van der Waals surface area contributed by atoms with E-state index in [1.54, 1.807) is 25.7 Å². The molecule has 8 rings (SSSR count). The van der Waals surface area contributed by atoms with E-state index < -0.39 is 197 Å². The minimum absolute atomic E-state index is 0.00100. The summed E-state index contributed by atoms with van der Waals surface area (Å²) in [5, 5.41) is 7.42. The zero-order valence-corrected chi connectivity index (χ0v) is 65.5. The number of alkyl halides is 7. The Morgan fingerprint density at radius 1 is 0.598 bits per heavy atom. The normalized spacial score (nSPS) is 33.2. The van der Waals surface area contributed by atoms with Crippen LogP contribution in [0.1, 0.15) is 196 Å². The van der Waals surface area contributed by atoms with E-state index in [0.717, 1.165) is 14.7 Å². The molecule has 12 amide bonds. The van der Waals surface area contributed by atoms with Gasteiger partial charge in [-0.15, -0.1) is 11.6 Å². The molecule has 0 radical (unpaired) electrons. The zero-order chi connectivity index (χ0) is 79.2. The van der Waals surface area contributed by atoms with Crippen LogP contribution in [0.5, 0.6) is 0 Å². The topological polar surface area (TPSA) is 279 Å². The highest BCUT2D eigenvalue weighted by Gasteiger charge is 2.54. The quantitative estimate of drug-likeness (QED) is 0.137. The van der Waals surface area contributed by atoms with Gasteiger partial charge in [-0.3, -0.25) is 57.5 Å². The Kier molecular flexibility index (Phi) is 29.0. The van der Waals surface area contributed by atoms with Crippen molar-refractivity contribution in [2.45, 2.75) is 286 Å². The van der Waals surface area contributed by atoms with Crippen LogP contribution in [0.2, 0.25) is 0 Å². The summed E-state index contributed by atoms with van der Waals surface area (Å²) in [7, 11) is 8.24. The van der Waals surface area contributed by atoms with Crippen molar-refractivity contribution >= 4 is 82.5 Å². The lowest BCUT2D eigenvalue weighted by Gasteiger charge is -2.45. The number of ether oxygens (including phenoxy) is 1. The molecule has 8 fully saturated rings. The SMILES string of the molecule is CC[C@H](C)[C@@H]1NC(=O)[C@H](CC(C)C)N(C)C(=O)C[C@@H](C(=O)N2C3CCC2COC3)N(C)C(=O)[C@H]([C@@H](C)CC)N(C)C(=O)C2(CCCC2)NC(=O)[C@@H]2CCCN2C(=O)[C@H](CCC2CCC(C(F)(F)F)C(Cl)C2)NC(=O)CN(C)C(=O)[C@H](CC2CCC(C(F)(F)F)CC2)N(C)C(=O)[C@@H]2CCN2C(=O)[C@H](C)N(C)C1=O. The van der Waals surface area contributed by atoms with Crippen molar-refractivity contribution in [2.75, 3.05) is 75.1 Å². The summed E-state index contributed by atoms with van der Waals surface area (Å²) in [6.45, 7) is 12.0. The summed E-state index contributed by atoms with van der Waals surface area (Å²) in [6.07, 6.45) is -6.80. The van der Waals surface area contributed by atoms with E-state index in [2.05, 4.69) is 16.0 Å². The van der Waals surface area contributed by atoms with Crippen LogP contribution in [-0.2, 0) is 62.3 Å². The van der Waals surface area contributed by atoms with Gasteiger partial charge in [-0.1, -0.05) is 67.2 Å². The number of nitrogens with one attached hydrogen (secondary N) is 3. The summed E-state index contributed by atoms with van der Waals surface area (Å²) in [5.41, 5.74) is -1.63. The Labute approximate surface area is 631 Å². The van der Waals surface area contributed by atoms with Gasteiger partial charge in [0.25, 0.3) is 0 Å². The molecule has 0 aromatic carbocycles. The molecule has 0 aromatic rings. The van der Waals surface area contributed by atoms with E-state index >= 15 is 38.4 Å². The molecule has 107 heavy (non-hydrogen) atoms. The number of hydrogen-bond donors (Lipinski definition) is 3. The van der Waals surface area contributed by atoms with E-state index in [0.29, 0.717) is 38.5 Å². The number of amides is 12. The summed E-state index contributed by atoms with van der Waals surface area (Å²) >= 11 is 6.40. The lowest BCUT2D eigenvalue weighted by Crippen LogP contribution is -2.65. The fraction of sp³-hybridized carbons (Fsp3) is 0.840. The third-order valence-electron chi connectivity index (χ3n) is 25.2. The molecule has 5 aliphatic heterocycles. The summed E-state index contributed by atoms with van der Waals surface area (Å²) in [4.78, 5) is 193. The summed E-state index contributed by atoms with van der Waals surface area (Å²) in [5.74, 6) is -14.2. The zero-order valence-electron chi connectivity index (χ0n) is 64.7. The van der Waals surface area contributed by atoms with E-state index in [4.69, 9.17) is 16.3 Å². The maximum Gasteiger partial charge on any atom is 0.393 e. The number of likely N-dealkylation sites (N-methyl/N-ethyl adjacent to an activating group) is 6. The van der Waals surface area contributed by atoms with Gasteiger partial charge in [0.1, 0.15) is 59.9 Å². The molecule has 32 heteroatoms. The van der Waals surface area contributed by atoms with Crippen LogP contribution in [0.25, 0.3) is 0 Å². The van der Waals surface area contributed by atoms with Crippen molar-refractivity contribution in [1.82, 2.24) is 60.0 Å². The second kappa shape index (κ2) is 36.1. The summed E-state index contributed by atoms with van der Waals surface area (Å²) in [6, 6.07) is -12.6. The highest BCUT2D eigenvalue weighted by atomic mass is 35.5. The number of nitrogens with zero attached hydrogens (tertiary/aromatic N) is 9. The molecule has 5 heterocycles. The Morgan fingerprint density at radius 2 is 1.21 bits per heavy atom. The van der Waals surface area contributed by atoms with Crippen LogP contribution in [-0.4, -0.2) is 280 Å². The number of carbonyl (C=O) groups is 12. The van der Waals surface area contributed by atoms with Crippen molar-refractivity contribution in [1.29, 1.82) is 0 Å². The van der Waals surface area contributed by atoms with Gasteiger partial charge < -0.3 is 64.8 Å². The number of rotatable bonds is 12. The molecule has 3 aliphatic carbocycles. The van der Waals surface area contributed by atoms with E-state index in [1.165, 1.54) is 73.7 Å². The van der Waals surface area contributed by atoms with Gasteiger partial charge in [0.15, 0.2) is 0 Å². The summed E-state index contributed by atoms with van der Waals surface area (Å²) < 4.78 is 90.1. The van der Waals surface area contributed by atoms with Crippen molar-refractivity contribution < 1.29 is 88.6 Å². The molecular weight excluding hydrogens is 1430 g/mol. The predicted octanol–water partition coefficient (Wildman–Crippen LogP) is 6.65. The van der Waals surface area contributed by atoms with Gasteiger partial charge in [0.2, 0.25) is 70.9 Å². The first-order valence-corrected chi connectivity index (χ1v) is 39.4. The van der Waals surface area contributed by atoms with Crippen LogP contribution in [0.4, 0.5) is 26.3 Å². The van der Waals surface area contributed by atoms with Gasteiger partial charge in [0.05, 0.1) is 50.1 Å². The van der Waals surface area contributed by atoms with E-state index in [9.17, 15) is 45.5 Å². The number of hydrogen-bond acceptors (Lipinski definition) is 13. The molecule has 3 saturated carbocycles. The van der Waals surface area contributed by atoms with Crippen molar-refractivity contribution in [3.05, 3.63) is 0 Å². The predicted molar refractivity (Wildman–Crippen MR) is 383 cm³/mol.